The molecule has 0 amide bonds. The van der Waals surface area contributed by atoms with Gasteiger partial charge in [0.15, 0.2) is 0 Å². The zero-order valence-corrected chi connectivity index (χ0v) is 15.8. The first-order valence-electron chi connectivity index (χ1n) is 9.58. The summed E-state index contributed by atoms with van der Waals surface area (Å²) in [5, 5.41) is 0. The van der Waals surface area contributed by atoms with Crippen molar-refractivity contribution in [3.63, 3.8) is 0 Å². The van der Waals surface area contributed by atoms with Gasteiger partial charge in [0.25, 0.3) is 0 Å². The Hall–Kier alpha value is -3.12. The van der Waals surface area contributed by atoms with Gasteiger partial charge >= 0.3 is 0 Å². The average molecular weight is 346 g/mol. The quantitative estimate of drug-likeness (QED) is 0.317. The second-order valence-electron chi connectivity index (χ2n) is 7.62. The van der Waals surface area contributed by atoms with E-state index in [1.165, 1.54) is 55.6 Å². The van der Waals surface area contributed by atoms with Crippen LogP contribution in [0.2, 0.25) is 0 Å². The molecule has 0 fully saturated rings. The van der Waals surface area contributed by atoms with E-state index >= 15 is 0 Å². The molecule has 0 heteroatoms. The summed E-state index contributed by atoms with van der Waals surface area (Å²) in [4.78, 5) is 0. The SMILES string of the molecule is Cc1cccc(-c2cc(-c3cccc(C)c3)c3c(c2)-c2ccccc2C3)c1. The van der Waals surface area contributed by atoms with Crippen LogP contribution in [0.5, 0.6) is 0 Å². The molecule has 4 aromatic carbocycles. The van der Waals surface area contributed by atoms with Gasteiger partial charge in [-0.25, -0.2) is 0 Å². The van der Waals surface area contributed by atoms with Crippen LogP contribution >= 0.6 is 0 Å². The first kappa shape index (κ1) is 16.1. The molecular weight excluding hydrogens is 324 g/mol. The van der Waals surface area contributed by atoms with E-state index in [1.807, 2.05) is 0 Å². The van der Waals surface area contributed by atoms with E-state index in [2.05, 4.69) is 98.8 Å². The van der Waals surface area contributed by atoms with E-state index in [0.717, 1.165) is 6.42 Å². The van der Waals surface area contributed by atoms with Crippen LogP contribution in [0.25, 0.3) is 33.4 Å². The monoisotopic (exact) mass is 346 g/mol. The summed E-state index contributed by atoms with van der Waals surface area (Å²) >= 11 is 0. The van der Waals surface area contributed by atoms with Gasteiger partial charge in [0.2, 0.25) is 0 Å². The summed E-state index contributed by atoms with van der Waals surface area (Å²) in [6.45, 7) is 4.33. The van der Waals surface area contributed by atoms with Crippen molar-refractivity contribution < 1.29 is 0 Å². The van der Waals surface area contributed by atoms with E-state index in [1.54, 1.807) is 0 Å². The lowest BCUT2D eigenvalue weighted by Crippen LogP contribution is -1.91. The lowest BCUT2D eigenvalue weighted by molar-refractivity contribution is 1.26. The number of fused-ring (bicyclic) bond motifs is 3. The summed E-state index contributed by atoms with van der Waals surface area (Å²) in [6, 6.07) is 31.3. The molecule has 0 N–H and O–H groups in total. The van der Waals surface area contributed by atoms with Gasteiger partial charge in [0.1, 0.15) is 0 Å². The zero-order chi connectivity index (χ0) is 18.4. The van der Waals surface area contributed by atoms with Crippen LogP contribution in [0.15, 0.2) is 84.9 Å². The van der Waals surface area contributed by atoms with Crippen molar-refractivity contribution in [2.24, 2.45) is 0 Å². The Bertz CT molecular complexity index is 1160. The van der Waals surface area contributed by atoms with Gasteiger partial charge < -0.3 is 0 Å². The minimum absolute atomic E-state index is 1.02. The Labute approximate surface area is 161 Å². The molecule has 0 bridgehead atoms. The van der Waals surface area contributed by atoms with Crippen LogP contribution in [0, 0.1) is 13.8 Å². The molecule has 27 heavy (non-hydrogen) atoms. The maximum Gasteiger partial charge on any atom is -0.000728 e. The van der Waals surface area contributed by atoms with Crippen LogP contribution in [-0.2, 0) is 6.42 Å². The van der Waals surface area contributed by atoms with E-state index in [4.69, 9.17) is 0 Å². The Morgan fingerprint density at radius 1 is 0.519 bits per heavy atom. The van der Waals surface area contributed by atoms with Gasteiger partial charge in [-0.05, 0) is 76.9 Å². The highest BCUT2D eigenvalue weighted by molar-refractivity contribution is 5.89. The number of hydrogen-bond acceptors (Lipinski definition) is 0. The summed E-state index contributed by atoms with van der Waals surface area (Å²) in [5.41, 5.74) is 13.5. The first-order chi connectivity index (χ1) is 13.2. The van der Waals surface area contributed by atoms with Gasteiger partial charge in [-0.3, -0.25) is 0 Å². The molecule has 0 spiro atoms. The van der Waals surface area contributed by atoms with Crippen molar-refractivity contribution in [3.8, 4) is 33.4 Å². The van der Waals surface area contributed by atoms with E-state index in [9.17, 15) is 0 Å². The minimum atomic E-state index is 1.02. The van der Waals surface area contributed by atoms with Crippen LogP contribution < -0.4 is 0 Å². The Morgan fingerprint density at radius 3 is 1.96 bits per heavy atom. The topological polar surface area (TPSA) is 0 Å². The van der Waals surface area contributed by atoms with Crippen LogP contribution in [0.4, 0.5) is 0 Å². The van der Waals surface area contributed by atoms with Crippen molar-refractivity contribution >= 4 is 0 Å². The third kappa shape index (κ3) is 2.78. The van der Waals surface area contributed by atoms with Gasteiger partial charge in [0, 0.05) is 0 Å². The number of rotatable bonds is 2. The van der Waals surface area contributed by atoms with Gasteiger partial charge in [0.05, 0.1) is 0 Å². The van der Waals surface area contributed by atoms with Crippen molar-refractivity contribution in [1.29, 1.82) is 0 Å². The number of aryl methyl sites for hydroxylation is 2. The van der Waals surface area contributed by atoms with E-state index in [0.29, 0.717) is 0 Å². The highest BCUT2D eigenvalue weighted by atomic mass is 14.3. The summed E-state index contributed by atoms with van der Waals surface area (Å²) in [6.07, 6.45) is 1.02. The third-order valence-corrected chi connectivity index (χ3v) is 5.61. The second-order valence-corrected chi connectivity index (χ2v) is 7.62. The summed E-state index contributed by atoms with van der Waals surface area (Å²) in [5.74, 6) is 0. The number of benzene rings is 4. The van der Waals surface area contributed by atoms with E-state index in [-0.39, 0.29) is 0 Å². The van der Waals surface area contributed by atoms with Crippen molar-refractivity contribution in [1.82, 2.24) is 0 Å². The van der Waals surface area contributed by atoms with Crippen molar-refractivity contribution in [2.75, 3.05) is 0 Å². The highest BCUT2D eigenvalue weighted by Gasteiger charge is 2.22. The van der Waals surface area contributed by atoms with Crippen LogP contribution in [0.3, 0.4) is 0 Å². The molecule has 0 saturated carbocycles. The molecule has 0 nitrogen and oxygen atoms in total. The normalized spacial score (nSPS) is 11.9. The van der Waals surface area contributed by atoms with Gasteiger partial charge in [-0.1, -0.05) is 83.9 Å². The molecule has 0 aliphatic heterocycles. The fourth-order valence-corrected chi connectivity index (χ4v) is 4.29. The molecule has 0 radical (unpaired) electrons. The largest absolute Gasteiger partial charge is 0.0619 e. The fraction of sp³-hybridized carbons (Fsp3) is 0.111. The Morgan fingerprint density at radius 2 is 1.19 bits per heavy atom. The molecule has 4 aromatic rings. The maximum atomic E-state index is 2.38. The van der Waals surface area contributed by atoms with Crippen molar-refractivity contribution in [3.05, 3.63) is 107 Å². The molecule has 130 valence electrons. The smallest absolute Gasteiger partial charge is 0.000728 e. The fourth-order valence-electron chi connectivity index (χ4n) is 4.29. The third-order valence-electron chi connectivity index (χ3n) is 5.61. The zero-order valence-electron chi connectivity index (χ0n) is 15.8. The highest BCUT2D eigenvalue weighted by Crippen LogP contribution is 2.44. The van der Waals surface area contributed by atoms with E-state index < -0.39 is 0 Å². The standard InChI is InChI=1S/C27H22/c1-18-7-5-10-20(13-18)23-16-25(21-11-6-8-19(2)14-21)27-15-22-9-3-4-12-24(22)26(27)17-23/h3-14,16-17H,15H2,1-2H3. The van der Waals surface area contributed by atoms with Crippen molar-refractivity contribution in [2.45, 2.75) is 20.3 Å². The second kappa shape index (κ2) is 6.25. The molecular formula is C27H22. The molecule has 0 atom stereocenters. The summed E-state index contributed by atoms with van der Waals surface area (Å²) < 4.78 is 0. The maximum absolute atomic E-state index is 2.38. The predicted molar refractivity (Wildman–Crippen MR) is 115 cm³/mol. The van der Waals surface area contributed by atoms with Crippen LogP contribution in [0.1, 0.15) is 22.3 Å². The molecule has 0 heterocycles. The Kier molecular flexibility index (Phi) is 3.72. The lowest BCUT2D eigenvalue weighted by atomic mass is 9.90. The lowest BCUT2D eigenvalue weighted by Gasteiger charge is -2.14. The molecule has 0 saturated heterocycles. The van der Waals surface area contributed by atoms with Gasteiger partial charge in [-0.2, -0.15) is 0 Å². The molecule has 0 unspecified atom stereocenters. The molecule has 0 aromatic heterocycles. The van der Waals surface area contributed by atoms with Crippen LogP contribution in [-0.4, -0.2) is 0 Å². The molecule has 5 rings (SSSR count). The van der Waals surface area contributed by atoms with Gasteiger partial charge in [-0.15, -0.1) is 0 Å². The summed E-state index contributed by atoms with van der Waals surface area (Å²) in [7, 11) is 0. The Balaban J connectivity index is 1.79. The molecule has 1 aliphatic rings. The molecule has 1 aliphatic carbocycles. The predicted octanol–water partition coefficient (Wildman–Crippen LogP) is 7.21. The average Bonchev–Trinajstić information content (AvgIpc) is 3.06. The number of hydrogen-bond donors (Lipinski definition) is 0. The first-order valence-corrected chi connectivity index (χ1v) is 9.58. The minimum Gasteiger partial charge on any atom is -0.0619 e.